The first-order chi connectivity index (χ1) is 9.20. The van der Waals surface area contributed by atoms with Gasteiger partial charge in [-0.15, -0.1) is 11.3 Å². The Hall–Kier alpha value is -1.39. The smallest absolute Gasteiger partial charge is 0.306 e. The van der Waals surface area contributed by atoms with Crippen molar-refractivity contribution in [2.24, 2.45) is 0 Å². The zero-order valence-electron chi connectivity index (χ0n) is 10.6. The highest BCUT2D eigenvalue weighted by molar-refractivity contribution is 7.13. The summed E-state index contributed by atoms with van der Waals surface area (Å²) < 4.78 is 4.89. The van der Waals surface area contributed by atoms with E-state index in [1.165, 1.54) is 11.3 Å². The molecular weight excluding hydrogens is 282 g/mol. The molecular formula is C14H14ClNO2S. The Morgan fingerprint density at radius 1 is 1.42 bits per heavy atom. The van der Waals surface area contributed by atoms with Crippen LogP contribution in [0.15, 0.2) is 29.6 Å². The van der Waals surface area contributed by atoms with E-state index in [2.05, 4.69) is 4.98 Å². The molecule has 1 aromatic heterocycles. The summed E-state index contributed by atoms with van der Waals surface area (Å²) in [4.78, 5) is 15.8. The predicted octanol–water partition coefficient (Wildman–Crippen LogP) is 3.96. The number of rotatable bonds is 5. The van der Waals surface area contributed by atoms with Crippen molar-refractivity contribution in [3.63, 3.8) is 0 Å². The second-order valence-electron chi connectivity index (χ2n) is 3.93. The van der Waals surface area contributed by atoms with Gasteiger partial charge in [0.1, 0.15) is 5.01 Å². The highest BCUT2D eigenvalue weighted by Crippen LogP contribution is 2.30. The molecule has 0 bridgehead atoms. The fraction of sp³-hybridized carbons (Fsp3) is 0.286. The lowest BCUT2D eigenvalue weighted by molar-refractivity contribution is -0.143. The van der Waals surface area contributed by atoms with Gasteiger partial charge in [0.15, 0.2) is 0 Å². The molecule has 1 heterocycles. The van der Waals surface area contributed by atoms with E-state index in [4.69, 9.17) is 16.3 Å². The number of benzene rings is 1. The van der Waals surface area contributed by atoms with Crippen LogP contribution in [0.5, 0.6) is 0 Å². The molecule has 0 aliphatic carbocycles. The summed E-state index contributed by atoms with van der Waals surface area (Å²) in [6, 6.07) is 7.61. The van der Waals surface area contributed by atoms with Crippen molar-refractivity contribution >= 4 is 28.9 Å². The molecule has 0 aliphatic rings. The van der Waals surface area contributed by atoms with Crippen LogP contribution in [0.3, 0.4) is 0 Å². The summed E-state index contributed by atoms with van der Waals surface area (Å²) in [7, 11) is 0. The Kier molecular flexibility index (Phi) is 4.93. The van der Waals surface area contributed by atoms with Gasteiger partial charge < -0.3 is 4.74 Å². The third-order valence-corrected chi connectivity index (χ3v) is 3.80. The molecule has 19 heavy (non-hydrogen) atoms. The summed E-state index contributed by atoms with van der Waals surface area (Å²) in [5.41, 5.74) is 1.82. The van der Waals surface area contributed by atoms with Crippen LogP contribution in [0.25, 0.3) is 10.6 Å². The van der Waals surface area contributed by atoms with Gasteiger partial charge in [-0.05, 0) is 13.0 Å². The Morgan fingerprint density at radius 3 is 2.95 bits per heavy atom. The third kappa shape index (κ3) is 3.78. The maximum absolute atomic E-state index is 11.3. The van der Waals surface area contributed by atoms with Gasteiger partial charge in [0.25, 0.3) is 0 Å². The van der Waals surface area contributed by atoms with E-state index in [0.717, 1.165) is 16.3 Å². The first kappa shape index (κ1) is 14.0. The lowest BCUT2D eigenvalue weighted by atomic mass is 10.2. The van der Waals surface area contributed by atoms with Crippen LogP contribution in [-0.2, 0) is 16.0 Å². The molecule has 3 nitrogen and oxygen atoms in total. The van der Waals surface area contributed by atoms with Crippen molar-refractivity contribution in [1.82, 2.24) is 4.98 Å². The molecule has 0 N–H and O–H groups in total. The van der Waals surface area contributed by atoms with E-state index in [9.17, 15) is 4.79 Å². The van der Waals surface area contributed by atoms with Crippen LogP contribution in [0, 0.1) is 0 Å². The second-order valence-corrected chi connectivity index (χ2v) is 5.19. The molecule has 0 spiro atoms. The van der Waals surface area contributed by atoms with E-state index >= 15 is 0 Å². The van der Waals surface area contributed by atoms with Gasteiger partial charge >= 0.3 is 5.97 Å². The van der Waals surface area contributed by atoms with Gasteiger partial charge in [0.05, 0.1) is 23.7 Å². The van der Waals surface area contributed by atoms with Gasteiger partial charge in [-0.2, -0.15) is 0 Å². The van der Waals surface area contributed by atoms with Crippen LogP contribution in [0.4, 0.5) is 0 Å². The van der Waals surface area contributed by atoms with Crippen LogP contribution in [0.2, 0.25) is 5.02 Å². The second kappa shape index (κ2) is 6.68. The first-order valence-electron chi connectivity index (χ1n) is 6.05. The van der Waals surface area contributed by atoms with Crippen LogP contribution >= 0.6 is 22.9 Å². The van der Waals surface area contributed by atoms with E-state index < -0.39 is 0 Å². The maximum Gasteiger partial charge on any atom is 0.306 e. The fourth-order valence-corrected chi connectivity index (χ4v) is 2.82. The number of aromatic nitrogens is 1. The number of carbonyl (C=O) groups excluding carboxylic acids is 1. The van der Waals surface area contributed by atoms with Crippen molar-refractivity contribution in [1.29, 1.82) is 0 Å². The van der Waals surface area contributed by atoms with Gasteiger partial charge in [-0.25, -0.2) is 4.98 Å². The molecule has 2 rings (SSSR count). The molecule has 0 aliphatic heterocycles. The molecule has 0 fully saturated rings. The third-order valence-electron chi connectivity index (χ3n) is 2.55. The number of carbonyl (C=O) groups is 1. The number of nitrogens with zero attached hydrogens (tertiary/aromatic N) is 1. The van der Waals surface area contributed by atoms with Gasteiger partial charge in [0, 0.05) is 17.4 Å². The zero-order chi connectivity index (χ0) is 13.7. The molecule has 0 unspecified atom stereocenters. The van der Waals surface area contributed by atoms with Crippen molar-refractivity contribution in [3.8, 4) is 10.6 Å². The van der Waals surface area contributed by atoms with Crippen LogP contribution in [0.1, 0.15) is 19.0 Å². The van der Waals surface area contributed by atoms with E-state index in [0.29, 0.717) is 24.5 Å². The molecule has 0 saturated heterocycles. The summed E-state index contributed by atoms with van der Waals surface area (Å²) in [5, 5.41) is 3.52. The number of esters is 1. The average Bonchev–Trinajstić information content (AvgIpc) is 2.86. The Morgan fingerprint density at radius 2 is 2.21 bits per heavy atom. The quantitative estimate of drug-likeness (QED) is 0.784. The van der Waals surface area contributed by atoms with Gasteiger partial charge in [-0.3, -0.25) is 4.79 Å². The number of thiazole rings is 1. The summed E-state index contributed by atoms with van der Waals surface area (Å²) >= 11 is 7.66. The lowest BCUT2D eigenvalue weighted by Gasteiger charge is -2.00. The summed E-state index contributed by atoms with van der Waals surface area (Å²) in [6.07, 6.45) is 0.958. The molecule has 1 aromatic carbocycles. The standard InChI is InChI=1S/C14H14ClNO2S/c1-2-18-13(17)8-7-10-9-19-14(16-10)11-5-3-4-6-12(11)15/h3-6,9H,2,7-8H2,1H3. The normalized spacial score (nSPS) is 10.4. The van der Waals surface area contributed by atoms with Crippen LogP contribution < -0.4 is 0 Å². The Balaban J connectivity index is 2.04. The largest absolute Gasteiger partial charge is 0.466 e. The van der Waals surface area contributed by atoms with E-state index in [1.807, 2.05) is 29.6 Å². The molecule has 0 saturated carbocycles. The van der Waals surface area contributed by atoms with Crippen molar-refractivity contribution in [2.75, 3.05) is 6.61 Å². The zero-order valence-corrected chi connectivity index (χ0v) is 12.1. The predicted molar refractivity (Wildman–Crippen MR) is 77.5 cm³/mol. The molecule has 2 aromatic rings. The molecule has 100 valence electrons. The number of hydrogen-bond acceptors (Lipinski definition) is 4. The maximum atomic E-state index is 11.3. The molecule has 0 radical (unpaired) electrons. The highest BCUT2D eigenvalue weighted by Gasteiger charge is 2.09. The van der Waals surface area contributed by atoms with Gasteiger partial charge in [-0.1, -0.05) is 29.8 Å². The number of hydrogen-bond donors (Lipinski definition) is 0. The molecule has 0 amide bonds. The minimum atomic E-state index is -0.185. The van der Waals surface area contributed by atoms with Gasteiger partial charge in [0.2, 0.25) is 0 Å². The number of halogens is 1. The van der Waals surface area contributed by atoms with E-state index in [1.54, 1.807) is 6.92 Å². The fourth-order valence-electron chi connectivity index (χ4n) is 1.64. The van der Waals surface area contributed by atoms with Crippen molar-refractivity contribution in [2.45, 2.75) is 19.8 Å². The Labute approximate surface area is 121 Å². The van der Waals surface area contributed by atoms with Crippen molar-refractivity contribution < 1.29 is 9.53 Å². The topological polar surface area (TPSA) is 39.2 Å². The monoisotopic (exact) mass is 295 g/mol. The molecule has 0 atom stereocenters. The number of aryl methyl sites for hydroxylation is 1. The summed E-state index contributed by atoms with van der Waals surface area (Å²) in [6.45, 7) is 2.22. The summed E-state index contributed by atoms with van der Waals surface area (Å²) in [5.74, 6) is -0.185. The SMILES string of the molecule is CCOC(=O)CCc1csc(-c2ccccc2Cl)n1. The highest BCUT2D eigenvalue weighted by atomic mass is 35.5. The van der Waals surface area contributed by atoms with E-state index in [-0.39, 0.29) is 5.97 Å². The molecule has 5 heteroatoms. The van der Waals surface area contributed by atoms with Crippen LogP contribution in [-0.4, -0.2) is 17.6 Å². The number of ether oxygens (including phenoxy) is 1. The lowest BCUT2D eigenvalue weighted by Crippen LogP contribution is -2.05. The minimum Gasteiger partial charge on any atom is -0.466 e. The average molecular weight is 296 g/mol. The first-order valence-corrected chi connectivity index (χ1v) is 7.31. The Bertz CT molecular complexity index is 568. The van der Waals surface area contributed by atoms with Crippen molar-refractivity contribution in [3.05, 3.63) is 40.4 Å². The minimum absolute atomic E-state index is 0.185.